The molecule has 1 unspecified atom stereocenters. The Morgan fingerprint density at radius 1 is 1.09 bits per heavy atom. The summed E-state index contributed by atoms with van der Waals surface area (Å²) in [4.78, 5) is 41.0. The maximum atomic E-state index is 12.7. The second-order valence-corrected chi connectivity index (χ2v) is 8.32. The Hall–Kier alpha value is -4.11. The summed E-state index contributed by atoms with van der Waals surface area (Å²) in [6.45, 7) is 0.320. The molecule has 0 spiro atoms. The number of rotatable bonds is 10. The molecule has 4 aromatic rings. The van der Waals surface area contributed by atoms with E-state index in [1.165, 1.54) is 6.20 Å². The second kappa shape index (κ2) is 10.9. The van der Waals surface area contributed by atoms with Gasteiger partial charge in [0.15, 0.2) is 11.3 Å². The number of hydrogen-bond acceptors (Lipinski definition) is 7. The van der Waals surface area contributed by atoms with E-state index in [1.54, 1.807) is 48.5 Å². The molecule has 1 atom stereocenters. The molecule has 35 heavy (non-hydrogen) atoms. The van der Waals surface area contributed by atoms with Gasteiger partial charge < -0.3 is 9.84 Å². The monoisotopic (exact) mass is 492 g/mol. The average Bonchev–Trinajstić information content (AvgIpc) is 2.86. The number of pyridine rings is 1. The van der Waals surface area contributed by atoms with Crippen LogP contribution in [-0.4, -0.2) is 36.8 Å². The van der Waals surface area contributed by atoms with E-state index >= 15 is 0 Å². The Balaban J connectivity index is 1.36. The summed E-state index contributed by atoms with van der Waals surface area (Å²) in [5.74, 6) is -1.87. The Kier molecular flexibility index (Phi) is 7.47. The summed E-state index contributed by atoms with van der Waals surface area (Å²) in [6, 6.07) is 17.1. The molecule has 1 N–H and O–H groups in total. The van der Waals surface area contributed by atoms with Crippen LogP contribution in [0.1, 0.15) is 28.8 Å². The number of benzene rings is 2. The molecule has 0 amide bonds. The molecular formula is C25H21ClN4O5. The number of nitrogens with zero attached hydrogens (tertiary/aromatic N) is 4. The van der Waals surface area contributed by atoms with Crippen LogP contribution in [0.5, 0.6) is 5.75 Å². The van der Waals surface area contributed by atoms with Gasteiger partial charge in [0.1, 0.15) is 17.9 Å². The van der Waals surface area contributed by atoms with E-state index in [0.717, 1.165) is 10.2 Å². The molecule has 10 heteroatoms. The van der Waals surface area contributed by atoms with Crippen LogP contribution in [0.25, 0.3) is 11.0 Å². The lowest BCUT2D eigenvalue weighted by atomic mass is 9.95. The van der Waals surface area contributed by atoms with Gasteiger partial charge in [-0.05, 0) is 60.5 Å². The van der Waals surface area contributed by atoms with E-state index in [1.807, 2.05) is 12.1 Å². The number of carbonyl (C=O) groups excluding carboxylic acids is 1. The van der Waals surface area contributed by atoms with Crippen LogP contribution >= 0.6 is 11.6 Å². The van der Waals surface area contributed by atoms with E-state index < -0.39 is 17.4 Å². The summed E-state index contributed by atoms with van der Waals surface area (Å²) in [7, 11) is 0. The average molecular weight is 493 g/mol. The zero-order chi connectivity index (χ0) is 24.8. The van der Waals surface area contributed by atoms with Gasteiger partial charge in [-0.1, -0.05) is 28.9 Å². The van der Waals surface area contributed by atoms with Gasteiger partial charge in [0.05, 0.1) is 5.92 Å². The van der Waals surface area contributed by atoms with Crippen molar-refractivity contribution in [3.8, 4) is 5.75 Å². The minimum absolute atomic E-state index is 0.00112. The van der Waals surface area contributed by atoms with E-state index in [0.29, 0.717) is 28.5 Å². The fraction of sp³-hybridized carbons (Fsp3) is 0.200. The summed E-state index contributed by atoms with van der Waals surface area (Å²) in [5.41, 5.74) is 1.34. The SMILES string of the molecule is O=C(CC(CCn1nnc2cccnc2c1=O)C(=O)O)c1ccc(OCc2cccc(Cl)c2)cc1. The van der Waals surface area contributed by atoms with Gasteiger partial charge >= 0.3 is 5.97 Å². The number of Topliss-reactive ketones (excluding diaryl/α,β-unsaturated/α-hetero) is 1. The predicted octanol–water partition coefficient (Wildman–Crippen LogP) is 3.78. The van der Waals surface area contributed by atoms with Crippen molar-refractivity contribution in [2.75, 3.05) is 0 Å². The van der Waals surface area contributed by atoms with Gasteiger partial charge in [0.25, 0.3) is 5.56 Å². The topological polar surface area (TPSA) is 124 Å². The number of ether oxygens (including phenoxy) is 1. The highest BCUT2D eigenvalue weighted by molar-refractivity contribution is 6.30. The smallest absolute Gasteiger partial charge is 0.307 e. The molecule has 2 aromatic carbocycles. The first-order chi connectivity index (χ1) is 16.9. The van der Waals surface area contributed by atoms with Crippen LogP contribution in [0.4, 0.5) is 0 Å². The Morgan fingerprint density at radius 2 is 1.89 bits per heavy atom. The van der Waals surface area contributed by atoms with Crippen molar-refractivity contribution in [2.24, 2.45) is 5.92 Å². The van der Waals surface area contributed by atoms with Gasteiger partial charge in [0.2, 0.25) is 0 Å². The van der Waals surface area contributed by atoms with Crippen LogP contribution in [0.15, 0.2) is 71.7 Å². The number of halogens is 1. The third kappa shape index (κ3) is 6.07. The first-order valence-electron chi connectivity index (χ1n) is 10.8. The van der Waals surface area contributed by atoms with Crippen molar-refractivity contribution >= 4 is 34.4 Å². The number of aryl methyl sites for hydroxylation is 1. The first kappa shape index (κ1) is 24.0. The van der Waals surface area contributed by atoms with E-state index in [2.05, 4.69) is 15.3 Å². The first-order valence-corrected chi connectivity index (χ1v) is 11.2. The van der Waals surface area contributed by atoms with Crippen molar-refractivity contribution in [3.05, 3.63) is 93.4 Å². The van der Waals surface area contributed by atoms with Gasteiger partial charge in [0, 0.05) is 29.7 Å². The summed E-state index contributed by atoms with van der Waals surface area (Å²) in [6.07, 6.45) is 1.29. The molecule has 0 radical (unpaired) electrons. The molecule has 2 heterocycles. The lowest BCUT2D eigenvalue weighted by Gasteiger charge is -2.12. The molecule has 2 aromatic heterocycles. The molecule has 0 aliphatic rings. The fourth-order valence-corrected chi connectivity index (χ4v) is 3.73. The molecular weight excluding hydrogens is 472 g/mol. The summed E-state index contributed by atoms with van der Waals surface area (Å²) in [5, 5.41) is 18.0. The van der Waals surface area contributed by atoms with Crippen LogP contribution < -0.4 is 10.3 Å². The molecule has 0 aliphatic heterocycles. The van der Waals surface area contributed by atoms with Crippen molar-refractivity contribution in [1.29, 1.82) is 0 Å². The zero-order valence-corrected chi connectivity index (χ0v) is 19.3. The minimum Gasteiger partial charge on any atom is -0.489 e. The highest BCUT2D eigenvalue weighted by Crippen LogP contribution is 2.19. The quantitative estimate of drug-likeness (QED) is 0.331. The molecule has 9 nitrogen and oxygen atoms in total. The van der Waals surface area contributed by atoms with E-state index in [9.17, 15) is 19.5 Å². The number of hydrogen-bond donors (Lipinski definition) is 1. The Bertz CT molecular complexity index is 1420. The van der Waals surface area contributed by atoms with Crippen LogP contribution in [0.2, 0.25) is 5.02 Å². The molecule has 178 valence electrons. The Morgan fingerprint density at radius 3 is 2.63 bits per heavy atom. The highest BCUT2D eigenvalue weighted by Gasteiger charge is 2.23. The molecule has 0 saturated heterocycles. The number of carboxylic acid groups (broad SMARTS) is 1. The van der Waals surface area contributed by atoms with Crippen LogP contribution in [0.3, 0.4) is 0 Å². The Labute approximate surface area is 205 Å². The van der Waals surface area contributed by atoms with Gasteiger partial charge in [-0.2, -0.15) is 0 Å². The number of carboxylic acids is 1. The van der Waals surface area contributed by atoms with E-state index in [4.69, 9.17) is 16.3 Å². The third-order valence-corrected chi connectivity index (χ3v) is 5.66. The van der Waals surface area contributed by atoms with Crippen molar-refractivity contribution in [3.63, 3.8) is 0 Å². The molecule has 0 fully saturated rings. The largest absolute Gasteiger partial charge is 0.489 e. The van der Waals surface area contributed by atoms with Crippen molar-refractivity contribution in [2.45, 2.75) is 26.0 Å². The minimum atomic E-state index is -1.13. The van der Waals surface area contributed by atoms with Crippen LogP contribution in [-0.2, 0) is 17.9 Å². The normalized spacial score (nSPS) is 11.8. The third-order valence-electron chi connectivity index (χ3n) is 5.43. The zero-order valence-electron chi connectivity index (χ0n) is 18.5. The molecule has 0 saturated carbocycles. The number of aliphatic carboxylic acids is 1. The highest BCUT2D eigenvalue weighted by atomic mass is 35.5. The molecule has 0 bridgehead atoms. The lowest BCUT2D eigenvalue weighted by Crippen LogP contribution is -2.28. The number of fused-ring (bicyclic) bond motifs is 1. The molecule has 4 rings (SSSR count). The fourth-order valence-electron chi connectivity index (χ4n) is 3.52. The molecule has 0 aliphatic carbocycles. The van der Waals surface area contributed by atoms with Gasteiger partial charge in [-0.25, -0.2) is 9.67 Å². The van der Waals surface area contributed by atoms with Crippen LogP contribution in [0, 0.1) is 5.92 Å². The number of carbonyl (C=O) groups is 2. The second-order valence-electron chi connectivity index (χ2n) is 7.88. The van der Waals surface area contributed by atoms with Gasteiger partial charge in [-0.15, -0.1) is 5.10 Å². The van der Waals surface area contributed by atoms with E-state index in [-0.39, 0.29) is 30.7 Å². The summed E-state index contributed by atoms with van der Waals surface area (Å²) >= 11 is 5.97. The van der Waals surface area contributed by atoms with Gasteiger partial charge in [-0.3, -0.25) is 14.4 Å². The number of ketones is 1. The maximum Gasteiger partial charge on any atom is 0.307 e. The lowest BCUT2D eigenvalue weighted by molar-refractivity contribution is -0.142. The van der Waals surface area contributed by atoms with Crippen molar-refractivity contribution in [1.82, 2.24) is 20.0 Å². The summed E-state index contributed by atoms with van der Waals surface area (Å²) < 4.78 is 6.79. The van der Waals surface area contributed by atoms with Crippen molar-refractivity contribution < 1.29 is 19.4 Å². The maximum absolute atomic E-state index is 12.7. The standard InChI is InChI=1S/C25H21ClN4O5/c26-19-4-1-3-16(13-19)15-35-20-8-6-17(7-9-20)22(31)14-18(25(33)34)10-12-30-24(32)23-21(28-29-30)5-2-11-27-23/h1-9,11,13,18H,10,12,14-15H2,(H,33,34). The number of aromatic nitrogens is 4. The predicted molar refractivity (Wildman–Crippen MR) is 129 cm³/mol.